The molecule has 0 aliphatic rings. The number of ether oxygens (including phenoxy) is 1. The maximum absolute atomic E-state index is 5.95. The van der Waals surface area contributed by atoms with Crippen LogP contribution in [-0.2, 0) is 4.74 Å². The second-order valence-corrected chi connectivity index (χ2v) is 7.33. The Balaban J connectivity index is 1.51. The lowest BCUT2D eigenvalue weighted by Gasteiger charge is -2.14. The number of likely N-dealkylation sites (N-methyl/N-ethyl adjacent to an activating group) is 1. The Kier molecular flexibility index (Phi) is 5.99. The van der Waals surface area contributed by atoms with Gasteiger partial charge in [-0.25, -0.2) is 9.97 Å². The maximum Gasteiger partial charge on any atom is 0.203 e. The summed E-state index contributed by atoms with van der Waals surface area (Å²) in [5, 5.41) is 0.719. The first kappa shape index (κ1) is 20.0. The molecule has 0 aliphatic carbocycles. The molecule has 4 rings (SSSR count). The molecule has 0 radical (unpaired) electrons. The van der Waals surface area contributed by atoms with Crippen LogP contribution >= 0.6 is 11.6 Å². The van der Waals surface area contributed by atoms with E-state index >= 15 is 0 Å². The molecule has 0 saturated carbocycles. The highest BCUT2D eigenvalue weighted by Crippen LogP contribution is 2.21. The molecule has 2 heterocycles. The fraction of sp³-hybridized carbons (Fsp3) is 0.167. The normalized spacial score (nSPS) is 10.6. The summed E-state index contributed by atoms with van der Waals surface area (Å²) in [7, 11) is 3.67. The van der Waals surface area contributed by atoms with Gasteiger partial charge in [-0.2, -0.15) is 0 Å². The third-order valence-corrected chi connectivity index (χ3v) is 4.99. The van der Waals surface area contributed by atoms with Gasteiger partial charge in [0, 0.05) is 43.0 Å². The molecule has 6 heteroatoms. The molecular formula is C24H21ClN4O. The van der Waals surface area contributed by atoms with Crippen molar-refractivity contribution in [3.63, 3.8) is 0 Å². The third-order valence-electron chi connectivity index (χ3n) is 4.74. The Morgan fingerprint density at radius 1 is 1.03 bits per heavy atom. The van der Waals surface area contributed by atoms with Crippen LogP contribution in [0.2, 0.25) is 5.02 Å². The zero-order chi connectivity index (χ0) is 20.9. The van der Waals surface area contributed by atoms with Gasteiger partial charge in [-0.05, 0) is 47.9 Å². The number of aromatic amines is 1. The van der Waals surface area contributed by atoms with Gasteiger partial charge in [0.15, 0.2) is 0 Å². The van der Waals surface area contributed by atoms with Crippen molar-refractivity contribution in [2.24, 2.45) is 0 Å². The van der Waals surface area contributed by atoms with Crippen LogP contribution in [0, 0.1) is 11.8 Å². The van der Waals surface area contributed by atoms with Crippen LogP contribution in [-0.4, -0.2) is 42.3 Å². The third kappa shape index (κ3) is 4.62. The number of hydrogen-bond donors (Lipinski definition) is 1. The summed E-state index contributed by atoms with van der Waals surface area (Å²) in [5.74, 6) is 7.11. The van der Waals surface area contributed by atoms with Gasteiger partial charge in [-0.3, -0.25) is 0 Å². The number of benzene rings is 2. The molecule has 0 amide bonds. The van der Waals surface area contributed by atoms with Crippen molar-refractivity contribution in [3.8, 4) is 23.0 Å². The molecule has 0 unspecified atom stereocenters. The van der Waals surface area contributed by atoms with Crippen molar-refractivity contribution >= 4 is 28.6 Å². The summed E-state index contributed by atoms with van der Waals surface area (Å²) in [4.78, 5) is 14.5. The van der Waals surface area contributed by atoms with E-state index in [4.69, 9.17) is 16.3 Å². The molecule has 2 aromatic carbocycles. The van der Waals surface area contributed by atoms with E-state index in [9.17, 15) is 0 Å². The molecule has 0 atom stereocenters. The van der Waals surface area contributed by atoms with E-state index in [2.05, 4.69) is 26.8 Å². The number of nitrogens with zero attached hydrogens (tertiary/aromatic N) is 3. The lowest BCUT2D eigenvalue weighted by Crippen LogP contribution is -2.22. The smallest absolute Gasteiger partial charge is 0.203 e. The van der Waals surface area contributed by atoms with E-state index in [1.54, 1.807) is 7.11 Å². The summed E-state index contributed by atoms with van der Waals surface area (Å²) in [6.07, 6.45) is 1.83. The second-order valence-electron chi connectivity index (χ2n) is 6.90. The molecule has 0 spiro atoms. The lowest BCUT2D eigenvalue weighted by molar-refractivity contribution is 0.206. The molecule has 4 aromatic rings. The minimum atomic E-state index is 0.647. The van der Waals surface area contributed by atoms with Gasteiger partial charge < -0.3 is 14.6 Å². The van der Waals surface area contributed by atoms with Crippen molar-refractivity contribution in [1.82, 2.24) is 15.0 Å². The van der Waals surface area contributed by atoms with Crippen LogP contribution in [0.25, 0.3) is 22.2 Å². The number of imidazole rings is 1. The van der Waals surface area contributed by atoms with Gasteiger partial charge >= 0.3 is 0 Å². The fourth-order valence-corrected chi connectivity index (χ4v) is 3.13. The molecule has 0 fully saturated rings. The number of anilines is 1. The van der Waals surface area contributed by atoms with E-state index in [-0.39, 0.29) is 0 Å². The quantitative estimate of drug-likeness (QED) is 0.476. The number of H-pyrrole nitrogens is 1. The van der Waals surface area contributed by atoms with Gasteiger partial charge in [-0.15, -0.1) is 0 Å². The number of rotatable bonds is 5. The van der Waals surface area contributed by atoms with Crippen molar-refractivity contribution in [1.29, 1.82) is 0 Å². The molecule has 2 aromatic heterocycles. The van der Waals surface area contributed by atoms with Gasteiger partial charge in [0.05, 0.1) is 17.6 Å². The molecule has 1 N–H and O–H groups in total. The van der Waals surface area contributed by atoms with Crippen molar-refractivity contribution in [3.05, 3.63) is 77.1 Å². The Labute approximate surface area is 180 Å². The zero-order valence-corrected chi connectivity index (χ0v) is 17.6. The molecule has 0 saturated heterocycles. The number of halogens is 1. The second kappa shape index (κ2) is 9.00. The minimum Gasteiger partial charge on any atom is -0.383 e. The summed E-state index contributed by atoms with van der Waals surface area (Å²) < 4.78 is 5.13. The predicted molar refractivity (Wildman–Crippen MR) is 122 cm³/mol. The number of methoxy groups -OCH3 is 1. The van der Waals surface area contributed by atoms with Crippen LogP contribution in [0.3, 0.4) is 0 Å². The first-order valence-corrected chi connectivity index (χ1v) is 9.94. The van der Waals surface area contributed by atoms with Crippen molar-refractivity contribution in [2.75, 3.05) is 32.2 Å². The largest absolute Gasteiger partial charge is 0.383 e. The van der Waals surface area contributed by atoms with Gasteiger partial charge in [0.1, 0.15) is 5.69 Å². The van der Waals surface area contributed by atoms with Gasteiger partial charge in [-0.1, -0.05) is 35.7 Å². The Morgan fingerprint density at radius 3 is 2.57 bits per heavy atom. The molecule has 30 heavy (non-hydrogen) atoms. The van der Waals surface area contributed by atoms with Crippen LogP contribution in [0.4, 0.5) is 5.95 Å². The summed E-state index contributed by atoms with van der Waals surface area (Å²) in [6, 6.07) is 17.6. The van der Waals surface area contributed by atoms with Gasteiger partial charge in [0.2, 0.25) is 5.95 Å². The van der Waals surface area contributed by atoms with E-state index in [1.165, 1.54) is 0 Å². The fourth-order valence-electron chi connectivity index (χ4n) is 3.00. The minimum absolute atomic E-state index is 0.647. The highest BCUT2D eigenvalue weighted by molar-refractivity contribution is 6.30. The number of aromatic nitrogens is 3. The Hall–Kier alpha value is -3.33. The number of fused-ring (bicyclic) bond motifs is 1. The standard InChI is InChI=1S/C24H21ClN4O/c1-29(13-14-30-2)24-27-22-12-4-17(15-23(22)28-24)3-10-21-11-7-19(16-26-21)18-5-8-20(25)9-6-18/h4-9,11-12,15-16H,13-14H2,1-2H3,(H,27,28). The molecular weight excluding hydrogens is 396 g/mol. The average molecular weight is 417 g/mol. The van der Waals surface area contributed by atoms with Gasteiger partial charge in [0.25, 0.3) is 0 Å². The van der Waals surface area contributed by atoms with Crippen LogP contribution in [0.5, 0.6) is 0 Å². The van der Waals surface area contributed by atoms with Crippen molar-refractivity contribution < 1.29 is 4.74 Å². The number of hydrogen-bond acceptors (Lipinski definition) is 4. The summed E-state index contributed by atoms with van der Waals surface area (Å²) >= 11 is 5.95. The molecule has 5 nitrogen and oxygen atoms in total. The first-order chi connectivity index (χ1) is 14.6. The monoisotopic (exact) mass is 416 g/mol. The van der Waals surface area contributed by atoms with Crippen LogP contribution in [0.1, 0.15) is 11.3 Å². The Bertz CT molecular complexity index is 1200. The SMILES string of the molecule is COCCN(C)c1nc2cc(C#Cc3ccc(-c4ccc(Cl)cc4)cn3)ccc2[nH]1. The zero-order valence-electron chi connectivity index (χ0n) is 16.8. The first-order valence-electron chi connectivity index (χ1n) is 9.56. The number of nitrogens with one attached hydrogen (secondary N) is 1. The maximum atomic E-state index is 5.95. The molecule has 0 aliphatic heterocycles. The van der Waals surface area contributed by atoms with Crippen molar-refractivity contribution in [2.45, 2.75) is 0 Å². The van der Waals surface area contributed by atoms with E-state index < -0.39 is 0 Å². The van der Waals surface area contributed by atoms with E-state index in [1.807, 2.05) is 72.7 Å². The van der Waals surface area contributed by atoms with Crippen LogP contribution in [0.15, 0.2) is 60.8 Å². The topological polar surface area (TPSA) is 54.0 Å². The highest BCUT2D eigenvalue weighted by Gasteiger charge is 2.07. The Morgan fingerprint density at radius 2 is 1.83 bits per heavy atom. The predicted octanol–water partition coefficient (Wildman–Crippen LogP) is 4.76. The molecule has 150 valence electrons. The lowest BCUT2D eigenvalue weighted by atomic mass is 10.1. The summed E-state index contributed by atoms with van der Waals surface area (Å²) in [5.41, 5.74) is 5.57. The number of pyridine rings is 1. The molecule has 0 bridgehead atoms. The van der Waals surface area contributed by atoms with E-state index in [0.29, 0.717) is 6.61 Å². The highest BCUT2D eigenvalue weighted by atomic mass is 35.5. The average Bonchev–Trinajstić information content (AvgIpc) is 3.20. The van der Waals surface area contributed by atoms with Crippen LogP contribution < -0.4 is 4.90 Å². The van der Waals surface area contributed by atoms with E-state index in [0.717, 1.165) is 50.9 Å². The summed E-state index contributed by atoms with van der Waals surface area (Å²) in [6.45, 7) is 1.41.